The van der Waals surface area contributed by atoms with Crippen molar-refractivity contribution in [2.45, 2.75) is 0 Å². The second-order valence-electron chi connectivity index (χ2n) is 20.9. The van der Waals surface area contributed by atoms with Gasteiger partial charge in [-0.3, -0.25) is 0 Å². The molecule has 17 aromatic rings. The Hall–Kier alpha value is -11.0. The molecule has 0 N–H and O–H groups in total. The van der Waals surface area contributed by atoms with Crippen LogP contribution >= 0.6 is 11.3 Å². The third-order valence-electron chi connectivity index (χ3n) is 16.8. The van der Waals surface area contributed by atoms with Gasteiger partial charge in [0, 0.05) is 63.3 Å². The van der Waals surface area contributed by atoms with Gasteiger partial charge in [-0.2, -0.15) is 10.5 Å². The monoisotopic (exact) mass is 1050 g/mol. The number of nitrogens with zero attached hydrogens (tertiary/aromatic N) is 6. The van der Waals surface area contributed by atoms with E-state index in [1.54, 1.807) is 11.3 Å². The largest absolute Gasteiger partial charge is 0.306 e. The maximum atomic E-state index is 12.9. The highest BCUT2D eigenvalue weighted by atomic mass is 32.1. The molecular formula is C74H42N6S. The van der Waals surface area contributed by atoms with E-state index in [9.17, 15) is 10.5 Å². The molecular weight excluding hydrogens is 1000 g/mol. The minimum Gasteiger partial charge on any atom is -0.306 e. The van der Waals surface area contributed by atoms with Crippen LogP contribution in [0.3, 0.4) is 0 Å². The fraction of sp³-hybridized carbons (Fsp3) is 0. The maximum absolute atomic E-state index is 12.9. The molecule has 0 atom stereocenters. The van der Waals surface area contributed by atoms with E-state index in [1.807, 2.05) is 0 Å². The molecule has 17 rings (SSSR count). The van der Waals surface area contributed by atoms with Crippen LogP contribution in [-0.2, 0) is 0 Å². The molecule has 374 valence electrons. The van der Waals surface area contributed by atoms with E-state index in [0.717, 1.165) is 114 Å². The van der Waals surface area contributed by atoms with Gasteiger partial charge in [0.2, 0.25) is 0 Å². The summed E-state index contributed by atoms with van der Waals surface area (Å²) in [6.07, 6.45) is 0. The first-order valence-electron chi connectivity index (χ1n) is 27.2. The SMILES string of the molecule is N#Cc1c(-n2c3ccccc3c3ccccc32)c(-n2c3ccccc3c3ccccc32)c(C#N)c(-n2c3ccc(-c4ccccc4-c4ccccc4)cc3c3c4sc5ccccc5c4ccc32)c1-n1c2ccccc2c2ccccc21. The Balaban J connectivity index is 1.14. The van der Waals surface area contributed by atoms with E-state index in [4.69, 9.17) is 0 Å². The number of nitriles is 2. The quantitative estimate of drug-likeness (QED) is 0.167. The molecule has 0 aliphatic heterocycles. The zero-order valence-corrected chi connectivity index (χ0v) is 44.2. The van der Waals surface area contributed by atoms with Crippen molar-refractivity contribution in [3.8, 4) is 57.1 Å². The summed E-state index contributed by atoms with van der Waals surface area (Å²) in [7, 11) is 0. The first kappa shape index (κ1) is 45.1. The number of para-hydroxylation sites is 6. The Labute approximate surface area is 467 Å². The zero-order chi connectivity index (χ0) is 53.4. The van der Waals surface area contributed by atoms with Gasteiger partial charge in [0.05, 0.1) is 66.9 Å². The molecule has 0 aliphatic rings. The van der Waals surface area contributed by atoms with Gasteiger partial charge in [0.15, 0.2) is 0 Å². The van der Waals surface area contributed by atoms with Crippen LogP contribution in [0.15, 0.2) is 255 Å². The molecule has 5 heterocycles. The Morgan fingerprint density at radius 1 is 0.272 bits per heavy atom. The van der Waals surface area contributed by atoms with Crippen molar-refractivity contribution in [1.29, 1.82) is 10.5 Å². The number of rotatable bonds is 6. The second-order valence-corrected chi connectivity index (χ2v) is 21.9. The topological polar surface area (TPSA) is 67.3 Å². The van der Waals surface area contributed by atoms with Crippen molar-refractivity contribution in [3.63, 3.8) is 0 Å². The fourth-order valence-corrected chi connectivity index (χ4v) is 14.8. The van der Waals surface area contributed by atoms with Gasteiger partial charge in [-0.15, -0.1) is 11.3 Å². The Morgan fingerprint density at radius 3 is 1.06 bits per heavy atom. The minimum absolute atomic E-state index is 0.419. The van der Waals surface area contributed by atoms with Gasteiger partial charge >= 0.3 is 0 Å². The van der Waals surface area contributed by atoms with E-state index in [-0.39, 0.29) is 0 Å². The number of hydrogen-bond donors (Lipinski definition) is 0. The molecule has 0 saturated carbocycles. The molecule has 81 heavy (non-hydrogen) atoms. The van der Waals surface area contributed by atoms with Crippen LogP contribution in [0.4, 0.5) is 0 Å². The summed E-state index contributed by atoms with van der Waals surface area (Å²) in [5.41, 5.74) is 15.2. The van der Waals surface area contributed by atoms with Crippen LogP contribution in [0.25, 0.3) is 152 Å². The smallest absolute Gasteiger partial charge is 0.104 e. The highest BCUT2D eigenvalue weighted by Gasteiger charge is 2.35. The third kappa shape index (κ3) is 6.24. The van der Waals surface area contributed by atoms with Crippen LogP contribution in [0.1, 0.15) is 11.1 Å². The van der Waals surface area contributed by atoms with Crippen molar-refractivity contribution < 1.29 is 0 Å². The van der Waals surface area contributed by atoms with Gasteiger partial charge in [-0.25, -0.2) is 0 Å². The van der Waals surface area contributed by atoms with Crippen LogP contribution in [0.5, 0.6) is 0 Å². The Bertz CT molecular complexity index is 5470. The van der Waals surface area contributed by atoms with Crippen molar-refractivity contribution in [2.75, 3.05) is 0 Å². The molecule has 0 fully saturated rings. The Kier molecular flexibility index (Phi) is 9.62. The summed E-state index contributed by atoms with van der Waals surface area (Å²) in [5.74, 6) is 0. The van der Waals surface area contributed by atoms with E-state index in [1.165, 1.54) is 15.5 Å². The van der Waals surface area contributed by atoms with Gasteiger partial charge in [-0.05, 0) is 82.9 Å². The number of hydrogen-bond acceptors (Lipinski definition) is 3. The van der Waals surface area contributed by atoms with Gasteiger partial charge < -0.3 is 18.3 Å². The molecule has 12 aromatic carbocycles. The predicted octanol–water partition coefficient (Wildman–Crippen LogP) is 19.5. The van der Waals surface area contributed by atoms with E-state index >= 15 is 0 Å². The van der Waals surface area contributed by atoms with Crippen molar-refractivity contribution in [3.05, 3.63) is 266 Å². The lowest BCUT2D eigenvalue weighted by Gasteiger charge is -2.27. The fourth-order valence-electron chi connectivity index (χ4n) is 13.6. The van der Waals surface area contributed by atoms with E-state index in [0.29, 0.717) is 33.9 Å². The number of aromatic nitrogens is 4. The van der Waals surface area contributed by atoms with E-state index in [2.05, 4.69) is 285 Å². The van der Waals surface area contributed by atoms with Gasteiger partial charge in [0.1, 0.15) is 23.3 Å². The van der Waals surface area contributed by atoms with Crippen molar-refractivity contribution in [1.82, 2.24) is 18.3 Å². The molecule has 5 aromatic heterocycles. The third-order valence-corrected chi connectivity index (χ3v) is 18.1. The lowest BCUT2D eigenvalue weighted by atomic mass is 9.93. The highest BCUT2D eigenvalue weighted by molar-refractivity contribution is 7.26. The van der Waals surface area contributed by atoms with Crippen LogP contribution < -0.4 is 0 Å². The standard InChI is InChI=1S/C74H42N6S/c75-43-58-70(77-60-31-13-6-24-49(60)50-25-7-14-32-61(50)77)71(78-62-33-15-8-26-51(62)52-27-9-16-34-63(52)78)59(44-76)73(72(58)79-64-35-17-10-28-53(64)54-29-11-18-36-65(54)79)80-66-40-38-46(48-23-5-4-22-47(48)45-20-2-1-3-21-45)42-57(66)69-67(80)41-39-56-55-30-12-19-37-68(55)81-74(56)69/h1-42H. The predicted molar refractivity (Wildman–Crippen MR) is 337 cm³/mol. The second kappa shape index (κ2) is 17.3. The zero-order valence-electron chi connectivity index (χ0n) is 43.3. The number of thiophene rings is 1. The molecule has 0 spiro atoms. The first-order chi connectivity index (χ1) is 40.2. The summed E-state index contributed by atoms with van der Waals surface area (Å²) in [6.45, 7) is 0. The van der Waals surface area contributed by atoms with Crippen LogP contribution in [0, 0.1) is 22.7 Å². The van der Waals surface area contributed by atoms with Crippen molar-refractivity contribution >= 4 is 119 Å². The molecule has 0 unspecified atom stereocenters. The molecule has 0 saturated heterocycles. The number of fused-ring (bicyclic) bond motifs is 16. The van der Waals surface area contributed by atoms with E-state index < -0.39 is 0 Å². The summed E-state index contributed by atoms with van der Waals surface area (Å²) in [4.78, 5) is 0. The summed E-state index contributed by atoms with van der Waals surface area (Å²) < 4.78 is 11.5. The summed E-state index contributed by atoms with van der Waals surface area (Å²) in [5, 5.41) is 36.4. The minimum atomic E-state index is 0.419. The van der Waals surface area contributed by atoms with Crippen LogP contribution in [-0.4, -0.2) is 18.3 Å². The van der Waals surface area contributed by atoms with Gasteiger partial charge in [-0.1, -0.05) is 194 Å². The highest BCUT2D eigenvalue weighted by Crippen LogP contribution is 2.51. The normalized spacial score (nSPS) is 11.9. The molecule has 0 bridgehead atoms. The maximum Gasteiger partial charge on any atom is 0.104 e. The molecule has 6 nitrogen and oxygen atoms in total. The first-order valence-corrected chi connectivity index (χ1v) is 28.0. The number of benzene rings is 12. The molecule has 0 radical (unpaired) electrons. The Morgan fingerprint density at radius 2 is 0.617 bits per heavy atom. The summed E-state index contributed by atoms with van der Waals surface area (Å²) in [6, 6.07) is 96.0. The lowest BCUT2D eigenvalue weighted by Crippen LogP contribution is -2.16. The van der Waals surface area contributed by atoms with Crippen molar-refractivity contribution in [2.24, 2.45) is 0 Å². The average Bonchev–Trinajstić information content (AvgIpc) is 4.36. The van der Waals surface area contributed by atoms with Crippen LogP contribution in [0.2, 0.25) is 0 Å². The van der Waals surface area contributed by atoms with Gasteiger partial charge in [0.25, 0.3) is 0 Å². The summed E-state index contributed by atoms with van der Waals surface area (Å²) >= 11 is 1.80. The molecule has 0 aliphatic carbocycles. The molecule has 7 heteroatoms. The average molecular weight is 1050 g/mol. The lowest BCUT2D eigenvalue weighted by molar-refractivity contribution is 1.02. The molecule has 0 amide bonds.